The van der Waals surface area contributed by atoms with E-state index in [-0.39, 0.29) is 18.7 Å². The normalized spacial score (nSPS) is 12.6. The highest BCUT2D eigenvalue weighted by molar-refractivity contribution is 6.25. The number of nitrogens with one attached hydrogen (secondary N) is 1. The Balaban J connectivity index is 2.66. The molecule has 2 atom stereocenters. The molecule has 0 aliphatic carbocycles. The van der Waals surface area contributed by atoms with Crippen molar-refractivity contribution in [2.45, 2.75) is 25.0 Å². The predicted molar refractivity (Wildman–Crippen MR) is 70.5 cm³/mol. The summed E-state index contributed by atoms with van der Waals surface area (Å²) in [4.78, 5) is 43.8. The molecule has 10 heteroatoms. The van der Waals surface area contributed by atoms with Crippen molar-refractivity contribution in [1.82, 2.24) is 15.3 Å². The lowest BCUT2D eigenvalue weighted by Gasteiger charge is -2.15. The first-order chi connectivity index (χ1) is 10.5. The number of carbonyl (C=O) groups excluding carboxylic acids is 2. The quantitative estimate of drug-likeness (QED) is 0.306. The first-order valence-corrected chi connectivity index (χ1v) is 6.14. The van der Waals surface area contributed by atoms with Crippen molar-refractivity contribution in [2.24, 2.45) is 0 Å². The van der Waals surface area contributed by atoms with Crippen LogP contribution >= 0.6 is 0 Å². The smallest absolute Gasteiger partial charge is 0.326 e. The van der Waals surface area contributed by atoms with Gasteiger partial charge in [0.15, 0.2) is 11.9 Å². The van der Waals surface area contributed by atoms with Crippen molar-refractivity contribution in [3.05, 3.63) is 29.8 Å². The van der Waals surface area contributed by atoms with Gasteiger partial charge in [-0.05, 0) is 12.5 Å². The van der Waals surface area contributed by atoms with Crippen LogP contribution in [0.15, 0.2) is 18.5 Å². The highest BCUT2D eigenvalue weighted by atomic mass is 16.4. The standard InChI is InChI=1S/C12H13N5O5/c13-16-6-7(18)2-3-8(12(21)22)17-11(20)9(19)10-14-4-1-5-15-10/h1,4-6,8-9,19H,2-3H2,(H,17,20)(H,21,22)/t8-,9+/m0/s1. The Morgan fingerprint density at radius 3 is 2.55 bits per heavy atom. The zero-order valence-corrected chi connectivity index (χ0v) is 11.3. The number of nitrogens with zero attached hydrogens (tertiary/aromatic N) is 4. The van der Waals surface area contributed by atoms with Crippen LogP contribution in [0.5, 0.6) is 0 Å². The third kappa shape index (κ3) is 5.19. The Hall–Kier alpha value is -2.97. The lowest BCUT2D eigenvalue weighted by Crippen LogP contribution is -2.43. The molecule has 1 aromatic rings. The van der Waals surface area contributed by atoms with Crippen LogP contribution in [0.3, 0.4) is 0 Å². The largest absolute Gasteiger partial charge is 0.480 e. The Labute approximate surface area is 124 Å². The van der Waals surface area contributed by atoms with Crippen LogP contribution < -0.4 is 5.32 Å². The number of hydrogen-bond acceptors (Lipinski definition) is 6. The van der Waals surface area contributed by atoms with Crippen LogP contribution in [0.25, 0.3) is 5.53 Å². The zero-order chi connectivity index (χ0) is 16.5. The molecule has 0 radical (unpaired) electrons. The molecular weight excluding hydrogens is 294 g/mol. The minimum Gasteiger partial charge on any atom is -0.480 e. The number of Topliss-reactive ketones (excluding diaryl/α,β-unsaturated/α-hetero) is 1. The maximum Gasteiger partial charge on any atom is 0.326 e. The number of amides is 1. The zero-order valence-electron chi connectivity index (χ0n) is 11.3. The Bertz CT molecular complexity index is 599. The van der Waals surface area contributed by atoms with Crippen molar-refractivity contribution < 1.29 is 29.4 Å². The summed E-state index contributed by atoms with van der Waals surface area (Å²) in [6, 6.07) is 0.101. The molecule has 3 N–H and O–H groups in total. The van der Waals surface area contributed by atoms with Crippen LogP contribution in [0.2, 0.25) is 0 Å². The topological polar surface area (TPSA) is 166 Å². The molecule has 0 unspecified atom stereocenters. The van der Waals surface area contributed by atoms with Crippen molar-refractivity contribution >= 4 is 23.9 Å². The lowest BCUT2D eigenvalue weighted by atomic mass is 10.1. The van der Waals surface area contributed by atoms with Crippen molar-refractivity contribution in [2.75, 3.05) is 0 Å². The molecule has 116 valence electrons. The van der Waals surface area contributed by atoms with Crippen LogP contribution in [0.1, 0.15) is 24.8 Å². The predicted octanol–water partition coefficient (Wildman–Crippen LogP) is -1.27. The fourth-order valence-corrected chi connectivity index (χ4v) is 1.49. The van der Waals surface area contributed by atoms with E-state index in [1.54, 1.807) is 0 Å². The van der Waals surface area contributed by atoms with Gasteiger partial charge in [0.05, 0.1) is 0 Å². The lowest BCUT2D eigenvalue weighted by molar-refractivity contribution is -0.143. The molecule has 0 spiro atoms. The average molecular weight is 307 g/mol. The first kappa shape index (κ1) is 17.1. The highest BCUT2D eigenvalue weighted by Gasteiger charge is 2.26. The van der Waals surface area contributed by atoms with Gasteiger partial charge in [-0.3, -0.25) is 9.59 Å². The van der Waals surface area contributed by atoms with E-state index in [1.165, 1.54) is 18.5 Å². The number of carbonyl (C=O) groups is 3. The van der Waals surface area contributed by atoms with E-state index >= 15 is 0 Å². The van der Waals surface area contributed by atoms with Gasteiger partial charge in [0.2, 0.25) is 5.78 Å². The van der Waals surface area contributed by atoms with E-state index in [0.29, 0.717) is 6.21 Å². The molecule has 22 heavy (non-hydrogen) atoms. The number of aromatic nitrogens is 2. The molecule has 10 nitrogen and oxygen atoms in total. The second-order valence-corrected chi connectivity index (χ2v) is 4.16. The van der Waals surface area contributed by atoms with Crippen LogP contribution in [0.4, 0.5) is 0 Å². The first-order valence-electron chi connectivity index (χ1n) is 6.14. The Kier molecular flexibility index (Phi) is 6.48. The molecular formula is C12H13N5O5. The number of aliphatic carboxylic acids is 1. The maximum absolute atomic E-state index is 11.8. The van der Waals surface area contributed by atoms with Gasteiger partial charge in [-0.25, -0.2) is 14.8 Å². The van der Waals surface area contributed by atoms with E-state index in [0.717, 1.165) is 0 Å². The number of aliphatic hydroxyl groups is 1. The van der Waals surface area contributed by atoms with Crippen LogP contribution in [-0.4, -0.2) is 54.9 Å². The van der Waals surface area contributed by atoms with Gasteiger partial charge in [0.1, 0.15) is 6.04 Å². The van der Waals surface area contributed by atoms with Crippen LogP contribution in [0, 0.1) is 0 Å². The monoisotopic (exact) mass is 307 g/mol. The average Bonchev–Trinajstić information content (AvgIpc) is 2.51. The number of hydrogen-bond donors (Lipinski definition) is 3. The van der Waals surface area contributed by atoms with Gasteiger partial charge in [0.25, 0.3) is 5.91 Å². The summed E-state index contributed by atoms with van der Waals surface area (Å²) in [6.07, 6.45) is 1.07. The SMILES string of the molecule is [N-]=[N+]=CC(=O)CC[C@H](NC(=O)[C@H](O)c1ncccn1)C(=O)O. The summed E-state index contributed by atoms with van der Waals surface area (Å²) in [5.41, 5.74) is 8.17. The fraction of sp³-hybridized carbons (Fsp3) is 0.333. The maximum atomic E-state index is 11.8. The van der Waals surface area contributed by atoms with Gasteiger partial charge in [-0.1, -0.05) is 0 Å². The molecule has 0 saturated heterocycles. The van der Waals surface area contributed by atoms with E-state index in [4.69, 9.17) is 10.6 Å². The molecule has 0 saturated carbocycles. The van der Waals surface area contributed by atoms with E-state index < -0.39 is 29.8 Å². The molecule has 1 aromatic heterocycles. The Morgan fingerprint density at radius 2 is 2.00 bits per heavy atom. The second-order valence-electron chi connectivity index (χ2n) is 4.16. The van der Waals surface area contributed by atoms with Crippen molar-refractivity contribution in [1.29, 1.82) is 0 Å². The molecule has 0 bridgehead atoms. The summed E-state index contributed by atoms with van der Waals surface area (Å²) in [6.45, 7) is 0. The summed E-state index contributed by atoms with van der Waals surface area (Å²) in [7, 11) is 0. The van der Waals surface area contributed by atoms with Gasteiger partial charge in [-0.2, -0.15) is 4.79 Å². The highest BCUT2D eigenvalue weighted by Crippen LogP contribution is 2.07. The van der Waals surface area contributed by atoms with Crippen molar-refractivity contribution in [3.8, 4) is 0 Å². The number of ketones is 1. The van der Waals surface area contributed by atoms with E-state index in [1.807, 2.05) is 0 Å². The van der Waals surface area contributed by atoms with E-state index in [2.05, 4.69) is 20.1 Å². The third-order valence-electron chi connectivity index (χ3n) is 2.57. The van der Waals surface area contributed by atoms with Gasteiger partial charge >= 0.3 is 12.2 Å². The minimum absolute atomic E-state index is 0.173. The molecule has 0 aliphatic rings. The van der Waals surface area contributed by atoms with Crippen LogP contribution in [-0.2, 0) is 14.4 Å². The number of carboxylic acid groups (broad SMARTS) is 1. The fourth-order valence-electron chi connectivity index (χ4n) is 1.49. The summed E-state index contributed by atoms with van der Waals surface area (Å²) >= 11 is 0. The molecule has 0 aliphatic heterocycles. The molecule has 1 rings (SSSR count). The Morgan fingerprint density at radius 1 is 1.36 bits per heavy atom. The summed E-state index contributed by atoms with van der Waals surface area (Å²) in [5.74, 6) is -3.15. The number of aliphatic hydroxyl groups excluding tert-OH is 1. The van der Waals surface area contributed by atoms with Crippen molar-refractivity contribution in [3.63, 3.8) is 0 Å². The van der Waals surface area contributed by atoms with Gasteiger partial charge in [-0.15, -0.1) is 0 Å². The van der Waals surface area contributed by atoms with Gasteiger partial charge < -0.3 is 21.1 Å². The molecule has 1 heterocycles. The molecule has 0 aromatic carbocycles. The summed E-state index contributed by atoms with van der Waals surface area (Å²) < 4.78 is 0. The molecule has 0 fully saturated rings. The van der Waals surface area contributed by atoms with Gasteiger partial charge in [0, 0.05) is 18.8 Å². The number of rotatable bonds is 8. The second kappa shape index (κ2) is 8.35. The summed E-state index contributed by atoms with van der Waals surface area (Å²) in [5, 5.41) is 20.8. The minimum atomic E-state index is -1.72. The molecule has 1 amide bonds. The number of carboxylic acids is 1. The van der Waals surface area contributed by atoms with E-state index in [9.17, 15) is 19.5 Å². The third-order valence-corrected chi connectivity index (χ3v) is 2.57.